The van der Waals surface area contributed by atoms with Crippen LogP contribution in [-0.4, -0.2) is 5.54 Å². The van der Waals surface area contributed by atoms with Gasteiger partial charge >= 0.3 is 0 Å². The van der Waals surface area contributed by atoms with Gasteiger partial charge in [0, 0.05) is 16.8 Å². The van der Waals surface area contributed by atoms with Crippen molar-refractivity contribution in [3.8, 4) is 0 Å². The summed E-state index contributed by atoms with van der Waals surface area (Å²) in [5, 5.41) is 2.87. The number of nitrogens with two attached hydrogens (primary N) is 1. The summed E-state index contributed by atoms with van der Waals surface area (Å²) in [6.45, 7) is 2.14. The van der Waals surface area contributed by atoms with Crippen LogP contribution in [-0.2, 0) is 12.8 Å². The molecule has 18 heavy (non-hydrogen) atoms. The summed E-state index contributed by atoms with van der Waals surface area (Å²) in [7, 11) is 0. The van der Waals surface area contributed by atoms with Crippen molar-refractivity contribution in [2.24, 2.45) is 5.73 Å². The monoisotopic (exact) mass is 279 g/mol. The Kier molecular flexibility index (Phi) is 4.44. The Bertz CT molecular complexity index is 494. The molecule has 0 saturated heterocycles. The molecule has 1 aromatic carbocycles. The highest BCUT2D eigenvalue weighted by Gasteiger charge is 2.25. The first-order valence-corrected chi connectivity index (χ1v) is 7.43. The van der Waals surface area contributed by atoms with Crippen LogP contribution in [0.3, 0.4) is 0 Å². The van der Waals surface area contributed by atoms with Crippen LogP contribution >= 0.6 is 22.9 Å². The highest BCUT2D eigenvalue weighted by Crippen LogP contribution is 2.28. The number of hydrogen-bond donors (Lipinski definition) is 1. The third-order valence-corrected chi connectivity index (χ3v) is 4.69. The van der Waals surface area contributed by atoms with Gasteiger partial charge in [0.15, 0.2) is 0 Å². The van der Waals surface area contributed by atoms with Crippen molar-refractivity contribution in [2.45, 2.75) is 31.7 Å². The fraction of sp³-hybridized carbons (Fsp3) is 0.333. The highest BCUT2D eigenvalue weighted by atomic mass is 35.5. The van der Waals surface area contributed by atoms with Crippen molar-refractivity contribution < 1.29 is 0 Å². The normalized spacial score (nSPS) is 14.4. The van der Waals surface area contributed by atoms with E-state index in [1.54, 1.807) is 11.3 Å². The molecule has 1 unspecified atom stereocenters. The lowest BCUT2D eigenvalue weighted by Gasteiger charge is -2.28. The van der Waals surface area contributed by atoms with Gasteiger partial charge in [-0.3, -0.25) is 0 Å². The number of hydrogen-bond acceptors (Lipinski definition) is 2. The molecule has 2 N–H and O–H groups in total. The van der Waals surface area contributed by atoms with E-state index in [9.17, 15) is 0 Å². The smallest absolute Gasteiger partial charge is 0.0545 e. The maximum Gasteiger partial charge on any atom is 0.0545 e. The van der Waals surface area contributed by atoms with Gasteiger partial charge in [-0.15, -0.1) is 11.3 Å². The lowest BCUT2D eigenvalue weighted by atomic mass is 9.85. The van der Waals surface area contributed by atoms with Crippen LogP contribution in [0.2, 0.25) is 5.02 Å². The van der Waals surface area contributed by atoms with Gasteiger partial charge in [0.1, 0.15) is 0 Å². The summed E-state index contributed by atoms with van der Waals surface area (Å²) < 4.78 is 0. The number of rotatable bonds is 5. The fourth-order valence-corrected chi connectivity index (χ4v) is 3.34. The Morgan fingerprint density at radius 1 is 1.17 bits per heavy atom. The highest BCUT2D eigenvalue weighted by molar-refractivity contribution is 7.10. The molecular formula is C15H18ClNS. The van der Waals surface area contributed by atoms with E-state index in [0.29, 0.717) is 0 Å². The Morgan fingerprint density at radius 3 is 2.44 bits per heavy atom. The lowest BCUT2D eigenvalue weighted by Crippen LogP contribution is -2.43. The molecule has 1 atom stereocenters. The minimum Gasteiger partial charge on any atom is -0.324 e. The molecule has 0 radical (unpaired) electrons. The van der Waals surface area contributed by atoms with Gasteiger partial charge in [0.05, 0.1) is 5.02 Å². The average Bonchev–Trinajstić information content (AvgIpc) is 2.76. The third kappa shape index (κ3) is 3.35. The number of benzene rings is 1. The molecule has 0 saturated carbocycles. The zero-order valence-corrected chi connectivity index (χ0v) is 12.1. The van der Waals surface area contributed by atoms with Crippen LogP contribution in [0.5, 0.6) is 0 Å². The van der Waals surface area contributed by atoms with E-state index in [2.05, 4.69) is 31.2 Å². The van der Waals surface area contributed by atoms with Gasteiger partial charge in [-0.2, -0.15) is 0 Å². The van der Waals surface area contributed by atoms with E-state index in [-0.39, 0.29) is 5.54 Å². The van der Waals surface area contributed by atoms with E-state index >= 15 is 0 Å². The van der Waals surface area contributed by atoms with Crippen molar-refractivity contribution >= 4 is 22.9 Å². The van der Waals surface area contributed by atoms with Crippen molar-refractivity contribution in [3.63, 3.8) is 0 Å². The molecule has 0 amide bonds. The van der Waals surface area contributed by atoms with Crippen LogP contribution in [0.4, 0.5) is 0 Å². The Labute approximate surface area is 118 Å². The molecule has 3 heteroatoms. The minimum absolute atomic E-state index is 0.212. The van der Waals surface area contributed by atoms with Crippen LogP contribution < -0.4 is 5.73 Å². The molecule has 1 nitrogen and oxygen atoms in total. The number of thiophene rings is 1. The Morgan fingerprint density at radius 2 is 1.89 bits per heavy atom. The average molecular weight is 280 g/mol. The zero-order valence-electron chi connectivity index (χ0n) is 10.5. The fourth-order valence-electron chi connectivity index (χ4n) is 2.09. The minimum atomic E-state index is -0.212. The van der Waals surface area contributed by atoms with Gasteiger partial charge in [-0.05, 0) is 29.9 Å². The first-order valence-electron chi connectivity index (χ1n) is 6.18. The van der Waals surface area contributed by atoms with Crippen LogP contribution in [0.1, 0.15) is 23.8 Å². The van der Waals surface area contributed by atoms with Crippen molar-refractivity contribution in [2.75, 3.05) is 0 Å². The van der Waals surface area contributed by atoms with Gasteiger partial charge < -0.3 is 5.73 Å². The molecule has 0 aliphatic carbocycles. The Hall–Kier alpha value is -0.830. The predicted molar refractivity (Wildman–Crippen MR) is 80.4 cm³/mol. The van der Waals surface area contributed by atoms with Crippen LogP contribution in [0.25, 0.3) is 0 Å². The van der Waals surface area contributed by atoms with Gasteiger partial charge in [-0.25, -0.2) is 0 Å². The summed E-state index contributed by atoms with van der Waals surface area (Å²) in [5.74, 6) is 0. The molecule has 0 aliphatic heterocycles. The summed E-state index contributed by atoms with van der Waals surface area (Å²) in [5.41, 5.74) is 7.61. The first kappa shape index (κ1) is 13.6. The molecule has 1 heterocycles. The summed E-state index contributed by atoms with van der Waals surface area (Å²) >= 11 is 7.85. The summed E-state index contributed by atoms with van der Waals surface area (Å²) in [4.78, 5) is 1.19. The van der Waals surface area contributed by atoms with E-state index in [1.165, 1.54) is 10.4 Å². The molecule has 0 bridgehead atoms. The zero-order chi connectivity index (χ0) is 13.0. The molecule has 0 aliphatic rings. The standard InChI is InChI=1S/C15H18ClNS/c1-2-15(17,10-12-6-4-3-5-7-12)11-14-13(16)8-9-18-14/h3-9H,2,10-11,17H2,1H3. The second-order valence-electron chi connectivity index (χ2n) is 4.75. The third-order valence-electron chi connectivity index (χ3n) is 3.31. The van der Waals surface area contributed by atoms with Crippen molar-refractivity contribution in [3.05, 3.63) is 57.2 Å². The van der Waals surface area contributed by atoms with Crippen LogP contribution in [0.15, 0.2) is 41.8 Å². The molecule has 0 fully saturated rings. The van der Waals surface area contributed by atoms with E-state index < -0.39 is 0 Å². The molecule has 2 rings (SSSR count). The molecule has 96 valence electrons. The quantitative estimate of drug-likeness (QED) is 0.868. The van der Waals surface area contributed by atoms with E-state index in [0.717, 1.165) is 24.3 Å². The summed E-state index contributed by atoms with van der Waals surface area (Å²) in [6.07, 6.45) is 2.67. The second kappa shape index (κ2) is 5.87. The largest absolute Gasteiger partial charge is 0.324 e. The number of halogens is 1. The topological polar surface area (TPSA) is 26.0 Å². The van der Waals surface area contributed by atoms with Crippen molar-refractivity contribution in [1.29, 1.82) is 0 Å². The second-order valence-corrected chi connectivity index (χ2v) is 6.15. The van der Waals surface area contributed by atoms with Crippen molar-refractivity contribution in [1.82, 2.24) is 0 Å². The predicted octanol–water partition coefficient (Wildman–Crippen LogP) is 4.29. The van der Waals surface area contributed by atoms with Gasteiger partial charge in [0.2, 0.25) is 0 Å². The molecular weight excluding hydrogens is 262 g/mol. The van der Waals surface area contributed by atoms with Crippen LogP contribution in [0, 0.1) is 0 Å². The molecule has 0 spiro atoms. The lowest BCUT2D eigenvalue weighted by molar-refractivity contribution is 0.407. The SMILES string of the molecule is CCC(N)(Cc1ccccc1)Cc1sccc1Cl. The van der Waals surface area contributed by atoms with E-state index in [4.69, 9.17) is 17.3 Å². The first-order chi connectivity index (χ1) is 8.63. The Balaban J connectivity index is 2.13. The maximum absolute atomic E-state index is 6.54. The summed E-state index contributed by atoms with van der Waals surface area (Å²) in [6, 6.07) is 12.4. The van der Waals surface area contributed by atoms with E-state index in [1.807, 2.05) is 17.5 Å². The molecule has 2 aromatic rings. The van der Waals surface area contributed by atoms with Gasteiger partial charge in [-0.1, -0.05) is 48.9 Å². The van der Waals surface area contributed by atoms with Gasteiger partial charge in [0.25, 0.3) is 0 Å². The molecule has 1 aromatic heterocycles. The maximum atomic E-state index is 6.54.